The minimum Gasteiger partial charge on any atom is -0.494 e. The number of aliphatic hydroxyl groups is 1. The van der Waals surface area contributed by atoms with Crippen LogP contribution < -0.4 is 9.47 Å². The Balaban J connectivity index is 2.18. The zero-order valence-electron chi connectivity index (χ0n) is 15.1. The van der Waals surface area contributed by atoms with E-state index in [1.807, 2.05) is 68.4 Å². The Labute approximate surface area is 154 Å². The first-order valence-corrected chi connectivity index (χ1v) is 8.78. The van der Waals surface area contributed by atoms with E-state index in [2.05, 4.69) is 4.98 Å². The first-order chi connectivity index (χ1) is 12.7. The van der Waals surface area contributed by atoms with Crippen molar-refractivity contribution in [2.24, 2.45) is 0 Å². The highest BCUT2D eigenvalue weighted by molar-refractivity contribution is 5.52. The lowest BCUT2D eigenvalue weighted by Crippen LogP contribution is -2.29. The van der Waals surface area contributed by atoms with E-state index in [0.29, 0.717) is 24.5 Å². The fraction of sp³-hybridized carbons (Fsp3) is 0.227. The third kappa shape index (κ3) is 3.41. The number of hydrogen-bond donors (Lipinski definition) is 1. The van der Waals surface area contributed by atoms with Gasteiger partial charge < -0.3 is 14.6 Å². The van der Waals surface area contributed by atoms with Gasteiger partial charge in [0, 0.05) is 12.4 Å². The van der Waals surface area contributed by atoms with Crippen LogP contribution in [0.4, 0.5) is 0 Å². The van der Waals surface area contributed by atoms with Crippen molar-refractivity contribution in [1.82, 2.24) is 4.98 Å². The summed E-state index contributed by atoms with van der Waals surface area (Å²) >= 11 is 0. The summed E-state index contributed by atoms with van der Waals surface area (Å²) in [5.74, 6) is 1.38. The summed E-state index contributed by atoms with van der Waals surface area (Å²) in [5, 5.41) is 11.9. The first kappa shape index (κ1) is 18.0. The van der Waals surface area contributed by atoms with E-state index in [1.54, 1.807) is 18.5 Å². The highest BCUT2D eigenvalue weighted by atomic mass is 16.5. The van der Waals surface area contributed by atoms with Crippen LogP contribution in [0.15, 0.2) is 73.1 Å². The van der Waals surface area contributed by atoms with E-state index in [0.717, 1.165) is 16.9 Å². The van der Waals surface area contributed by atoms with Gasteiger partial charge in [0.05, 0.1) is 18.8 Å². The van der Waals surface area contributed by atoms with Gasteiger partial charge in [0.1, 0.15) is 17.1 Å². The predicted octanol–water partition coefficient (Wildman–Crippen LogP) is 4.16. The number of benzene rings is 2. The first-order valence-electron chi connectivity index (χ1n) is 8.78. The zero-order chi connectivity index (χ0) is 18.4. The molecule has 3 rings (SSSR count). The van der Waals surface area contributed by atoms with Crippen LogP contribution in [-0.2, 0) is 5.60 Å². The Morgan fingerprint density at radius 1 is 0.846 bits per heavy atom. The van der Waals surface area contributed by atoms with E-state index in [-0.39, 0.29) is 0 Å². The molecular formula is C22H23NO3. The lowest BCUT2D eigenvalue weighted by molar-refractivity contribution is 0.120. The molecule has 0 saturated heterocycles. The van der Waals surface area contributed by atoms with Gasteiger partial charge in [-0.1, -0.05) is 42.5 Å². The summed E-state index contributed by atoms with van der Waals surface area (Å²) in [5.41, 5.74) is 0.696. The van der Waals surface area contributed by atoms with E-state index in [4.69, 9.17) is 9.47 Å². The minimum absolute atomic E-state index is 0.505. The maximum absolute atomic E-state index is 11.9. The quantitative estimate of drug-likeness (QED) is 0.696. The molecule has 0 spiro atoms. The predicted molar refractivity (Wildman–Crippen MR) is 102 cm³/mol. The van der Waals surface area contributed by atoms with Crippen molar-refractivity contribution in [3.05, 3.63) is 89.7 Å². The largest absolute Gasteiger partial charge is 0.494 e. The molecule has 0 saturated carbocycles. The molecule has 1 N–H and O–H groups in total. The number of hydrogen-bond acceptors (Lipinski definition) is 4. The van der Waals surface area contributed by atoms with Gasteiger partial charge in [-0.15, -0.1) is 0 Å². The van der Waals surface area contributed by atoms with Crippen LogP contribution in [0.3, 0.4) is 0 Å². The lowest BCUT2D eigenvalue weighted by atomic mass is 9.80. The van der Waals surface area contributed by atoms with Crippen LogP contribution in [0.1, 0.15) is 30.5 Å². The highest BCUT2D eigenvalue weighted by Crippen LogP contribution is 2.41. The van der Waals surface area contributed by atoms with Crippen molar-refractivity contribution >= 4 is 0 Å². The fourth-order valence-corrected chi connectivity index (χ4v) is 3.05. The maximum Gasteiger partial charge on any atom is 0.145 e. The third-order valence-electron chi connectivity index (χ3n) is 4.25. The summed E-state index contributed by atoms with van der Waals surface area (Å²) in [7, 11) is 0. The molecule has 0 fully saturated rings. The molecule has 2 aromatic carbocycles. The summed E-state index contributed by atoms with van der Waals surface area (Å²) in [6.45, 7) is 4.96. The van der Waals surface area contributed by atoms with Crippen molar-refractivity contribution in [3.8, 4) is 11.5 Å². The monoisotopic (exact) mass is 349 g/mol. The van der Waals surface area contributed by atoms with Gasteiger partial charge in [-0.2, -0.15) is 0 Å². The van der Waals surface area contributed by atoms with Crippen molar-refractivity contribution < 1.29 is 14.6 Å². The van der Waals surface area contributed by atoms with Crippen molar-refractivity contribution in [2.75, 3.05) is 13.2 Å². The number of aromatic nitrogens is 1. The fourth-order valence-electron chi connectivity index (χ4n) is 3.05. The highest BCUT2D eigenvalue weighted by Gasteiger charge is 2.36. The Kier molecular flexibility index (Phi) is 5.54. The standard InChI is InChI=1S/C22H23NO3/c1-3-25-19-12-10-18(11-13-19)22(24,17-8-6-5-7-9-17)20-16-23-15-14-21(20)26-4-2/h5-16,24H,3-4H2,1-2H3. The van der Waals surface area contributed by atoms with E-state index in [1.165, 1.54) is 0 Å². The van der Waals surface area contributed by atoms with Crippen LogP contribution in [0.2, 0.25) is 0 Å². The molecule has 1 heterocycles. The van der Waals surface area contributed by atoms with Crippen molar-refractivity contribution in [2.45, 2.75) is 19.4 Å². The van der Waals surface area contributed by atoms with Crippen LogP contribution in [-0.4, -0.2) is 23.3 Å². The molecule has 0 aliphatic heterocycles. The Morgan fingerprint density at radius 2 is 1.50 bits per heavy atom. The average molecular weight is 349 g/mol. The van der Waals surface area contributed by atoms with Gasteiger partial charge in [0.2, 0.25) is 0 Å². The number of rotatable bonds is 7. The van der Waals surface area contributed by atoms with E-state index < -0.39 is 5.60 Å². The van der Waals surface area contributed by atoms with Gasteiger partial charge in [0.15, 0.2) is 0 Å². The van der Waals surface area contributed by atoms with Gasteiger partial charge in [-0.25, -0.2) is 0 Å². The van der Waals surface area contributed by atoms with Crippen LogP contribution in [0.25, 0.3) is 0 Å². The molecule has 134 valence electrons. The molecule has 1 aromatic heterocycles. The third-order valence-corrected chi connectivity index (χ3v) is 4.25. The molecule has 0 bridgehead atoms. The minimum atomic E-state index is -1.38. The van der Waals surface area contributed by atoms with Crippen LogP contribution in [0.5, 0.6) is 11.5 Å². The molecule has 0 radical (unpaired) electrons. The summed E-state index contributed by atoms with van der Waals surface area (Å²) < 4.78 is 11.3. The van der Waals surface area contributed by atoms with E-state index >= 15 is 0 Å². The van der Waals surface area contributed by atoms with Gasteiger partial charge >= 0.3 is 0 Å². The Bertz CT molecular complexity index is 834. The second kappa shape index (κ2) is 8.02. The maximum atomic E-state index is 11.9. The second-order valence-electron chi connectivity index (χ2n) is 5.84. The van der Waals surface area contributed by atoms with Gasteiger partial charge in [0.25, 0.3) is 0 Å². The zero-order valence-corrected chi connectivity index (χ0v) is 15.1. The van der Waals surface area contributed by atoms with Crippen molar-refractivity contribution in [3.63, 3.8) is 0 Å². The van der Waals surface area contributed by atoms with Crippen molar-refractivity contribution in [1.29, 1.82) is 0 Å². The molecular weight excluding hydrogens is 326 g/mol. The molecule has 26 heavy (non-hydrogen) atoms. The summed E-state index contributed by atoms with van der Waals surface area (Å²) in [6, 6.07) is 18.8. The molecule has 1 unspecified atom stereocenters. The number of pyridine rings is 1. The number of ether oxygens (including phenoxy) is 2. The van der Waals surface area contributed by atoms with Gasteiger partial charge in [-0.05, 0) is 43.2 Å². The average Bonchev–Trinajstić information content (AvgIpc) is 2.70. The topological polar surface area (TPSA) is 51.6 Å². The van der Waals surface area contributed by atoms with E-state index in [9.17, 15) is 5.11 Å². The van der Waals surface area contributed by atoms with Gasteiger partial charge in [-0.3, -0.25) is 4.98 Å². The second-order valence-corrected chi connectivity index (χ2v) is 5.84. The molecule has 4 heteroatoms. The lowest BCUT2D eigenvalue weighted by Gasteiger charge is -2.31. The molecule has 1 atom stereocenters. The smallest absolute Gasteiger partial charge is 0.145 e. The van der Waals surface area contributed by atoms with Crippen LogP contribution >= 0.6 is 0 Å². The SMILES string of the molecule is CCOc1ccc(C(O)(c2ccccc2)c2cnccc2OCC)cc1. The number of nitrogens with zero attached hydrogens (tertiary/aromatic N) is 1. The molecule has 0 aliphatic carbocycles. The Morgan fingerprint density at radius 3 is 2.15 bits per heavy atom. The Hall–Kier alpha value is -2.85. The summed E-state index contributed by atoms with van der Waals surface area (Å²) in [6.07, 6.45) is 3.33. The molecule has 4 nitrogen and oxygen atoms in total. The molecule has 0 amide bonds. The molecule has 3 aromatic rings. The normalized spacial score (nSPS) is 13.0. The van der Waals surface area contributed by atoms with Crippen LogP contribution in [0, 0.1) is 0 Å². The summed E-state index contributed by atoms with van der Waals surface area (Å²) in [4.78, 5) is 4.23. The molecule has 0 aliphatic rings.